The van der Waals surface area contributed by atoms with Gasteiger partial charge in [0.25, 0.3) is 0 Å². The largest absolute Gasteiger partial charge is 0.493 e. The minimum Gasteiger partial charge on any atom is -0.493 e. The van der Waals surface area contributed by atoms with E-state index in [0.717, 1.165) is 30.7 Å². The molecule has 1 amide bonds. The average Bonchev–Trinajstić information content (AvgIpc) is 3.56. The molecule has 0 saturated carbocycles. The molecule has 37 heavy (non-hydrogen) atoms. The second kappa shape index (κ2) is 12.5. The van der Waals surface area contributed by atoms with Crippen molar-refractivity contribution in [3.63, 3.8) is 0 Å². The summed E-state index contributed by atoms with van der Waals surface area (Å²) in [6.45, 7) is 3.40. The second-order valence-electron chi connectivity index (χ2n) is 8.75. The maximum Gasteiger partial charge on any atom is 0.338 e. The Morgan fingerprint density at radius 1 is 1.19 bits per heavy atom. The maximum absolute atomic E-state index is 13.3. The van der Waals surface area contributed by atoms with Gasteiger partial charge in [0.05, 0.1) is 50.7 Å². The number of ether oxygens (including phenoxy) is 5. The first kappa shape index (κ1) is 27.0. The summed E-state index contributed by atoms with van der Waals surface area (Å²) in [5, 5.41) is 5.57. The van der Waals surface area contributed by atoms with Crippen LogP contribution in [0.15, 0.2) is 45.6 Å². The van der Waals surface area contributed by atoms with E-state index >= 15 is 0 Å². The van der Waals surface area contributed by atoms with Crippen LogP contribution in [-0.4, -0.2) is 75.7 Å². The third-order valence-electron chi connectivity index (χ3n) is 6.36. The van der Waals surface area contributed by atoms with Crippen LogP contribution >= 0.6 is 11.8 Å². The molecular weight excluding hydrogens is 498 g/mol. The van der Waals surface area contributed by atoms with Crippen molar-refractivity contribution in [2.45, 2.75) is 38.3 Å². The Kier molecular flexibility index (Phi) is 9.12. The predicted octanol–water partition coefficient (Wildman–Crippen LogP) is 3.15. The third kappa shape index (κ3) is 6.11. The number of amidine groups is 1. The highest BCUT2D eigenvalue weighted by molar-refractivity contribution is 8.16. The average molecular weight is 532 g/mol. The summed E-state index contributed by atoms with van der Waals surface area (Å²) < 4.78 is 27.1. The lowest BCUT2D eigenvalue weighted by atomic mass is 9.93. The number of nitrogens with zero attached hydrogens (tertiary/aromatic N) is 2. The summed E-state index contributed by atoms with van der Waals surface area (Å²) in [5.74, 6) is 0.489. The second-order valence-corrected chi connectivity index (χ2v) is 9.59. The molecule has 0 aliphatic carbocycles. The fourth-order valence-corrected chi connectivity index (χ4v) is 5.49. The molecule has 0 aromatic heterocycles. The van der Waals surface area contributed by atoms with Gasteiger partial charge in [-0.05, 0) is 42.9 Å². The van der Waals surface area contributed by atoms with Crippen molar-refractivity contribution in [2.75, 3.05) is 47.7 Å². The SMILES string of the molecule is COCCOC(=O)C1=C(C)N=C2SC=C(CC(=O)NC[C@H]3CCCO3)N2[C@H]1c1ccc(OC)c(OC)c1. The lowest BCUT2D eigenvalue weighted by molar-refractivity contribution is -0.141. The molecule has 4 rings (SSSR count). The zero-order valence-corrected chi connectivity index (χ0v) is 22.4. The van der Waals surface area contributed by atoms with Gasteiger partial charge in [-0.1, -0.05) is 17.8 Å². The molecule has 1 saturated heterocycles. The highest BCUT2D eigenvalue weighted by atomic mass is 32.2. The molecular formula is C26H33N3O7S. The van der Waals surface area contributed by atoms with Gasteiger partial charge in [-0.2, -0.15) is 0 Å². The fourth-order valence-electron chi connectivity index (χ4n) is 4.52. The molecule has 3 aliphatic rings. The van der Waals surface area contributed by atoms with E-state index in [1.807, 2.05) is 22.4 Å². The number of thioether (sulfide) groups is 1. The van der Waals surface area contributed by atoms with Crippen LogP contribution in [-0.2, 0) is 23.8 Å². The van der Waals surface area contributed by atoms with E-state index in [1.54, 1.807) is 34.3 Å². The Bertz CT molecular complexity index is 1110. The quantitative estimate of drug-likeness (QED) is 0.340. The van der Waals surface area contributed by atoms with Crippen LogP contribution in [0.1, 0.15) is 37.8 Å². The first-order chi connectivity index (χ1) is 18.0. The zero-order chi connectivity index (χ0) is 26.4. The van der Waals surface area contributed by atoms with Gasteiger partial charge in [-0.3, -0.25) is 4.79 Å². The van der Waals surface area contributed by atoms with Gasteiger partial charge in [0.15, 0.2) is 16.7 Å². The monoisotopic (exact) mass is 531 g/mol. The number of amides is 1. The number of hydrogen-bond acceptors (Lipinski definition) is 10. The van der Waals surface area contributed by atoms with E-state index < -0.39 is 12.0 Å². The molecule has 1 aromatic rings. The van der Waals surface area contributed by atoms with Crippen LogP contribution in [0.25, 0.3) is 0 Å². The van der Waals surface area contributed by atoms with E-state index in [2.05, 4.69) is 10.3 Å². The predicted molar refractivity (Wildman–Crippen MR) is 139 cm³/mol. The molecule has 0 unspecified atom stereocenters. The highest BCUT2D eigenvalue weighted by Crippen LogP contribution is 2.46. The summed E-state index contributed by atoms with van der Waals surface area (Å²) in [6.07, 6.45) is 2.15. The zero-order valence-electron chi connectivity index (χ0n) is 21.6. The Morgan fingerprint density at radius 3 is 2.70 bits per heavy atom. The number of hydrogen-bond donors (Lipinski definition) is 1. The number of methoxy groups -OCH3 is 3. The van der Waals surface area contributed by atoms with E-state index in [4.69, 9.17) is 23.7 Å². The molecule has 0 radical (unpaired) electrons. The molecule has 1 N–H and O–H groups in total. The number of allylic oxidation sites excluding steroid dienone is 1. The number of aliphatic imine (C=N–C) groups is 1. The fraction of sp³-hybridized carbons (Fsp3) is 0.500. The van der Waals surface area contributed by atoms with Gasteiger partial charge in [0.2, 0.25) is 5.91 Å². The van der Waals surface area contributed by atoms with Crippen molar-refractivity contribution in [2.24, 2.45) is 4.99 Å². The maximum atomic E-state index is 13.3. The molecule has 10 nitrogen and oxygen atoms in total. The number of rotatable bonds is 11. The minimum absolute atomic E-state index is 0.0570. The normalized spacial score (nSPS) is 20.8. The van der Waals surface area contributed by atoms with E-state index in [9.17, 15) is 9.59 Å². The number of benzene rings is 1. The molecule has 3 heterocycles. The van der Waals surface area contributed by atoms with Crippen LogP contribution in [0.4, 0.5) is 0 Å². The molecule has 3 aliphatic heterocycles. The summed E-state index contributed by atoms with van der Waals surface area (Å²) >= 11 is 1.42. The van der Waals surface area contributed by atoms with Gasteiger partial charge >= 0.3 is 5.97 Å². The lowest BCUT2D eigenvalue weighted by Gasteiger charge is -2.36. The Labute approximate surface area is 221 Å². The smallest absolute Gasteiger partial charge is 0.338 e. The summed E-state index contributed by atoms with van der Waals surface area (Å²) in [4.78, 5) is 32.8. The lowest BCUT2D eigenvalue weighted by Crippen LogP contribution is -2.39. The minimum atomic E-state index is -0.574. The summed E-state index contributed by atoms with van der Waals surface area (Å²) in [5.41, 5.74) is 2.46. The summed E-state index contributed by atoms with van der Waals surface area (Å²) in [6, 6.07) is 4.93. The number of carbonyl (C=O) groups excluding carboxylic acids is 2. The van der Waals surface area contributed by atoms with Crippen molar-refractivity contribution >= 4 is 28.8 Å². The van der Waals surface area contributed by atoms with Crippen molar-refractivity contribution in [3.05, 3.63) is 46.1 Å². The van der Waals surface area contributed by atoms with Crippen LogP contribution < -0.4 is 14.8 Å². The van der Waals surface area contributed by atoms with Crippen molar-refractivity contribution < 1.29 is 33.3 Å². The molecule has 0 bridgehead atoms. The van der Waals surface area contributed by atoms with Gasteiger partial charge < -0.3 is 33.9 Å². The van der Waals surface area contributed by atoms with Crippen molar-refractivity contribution in [1.82, 2.24) is 10.2 Å². The first-order valence-electron chi connectivity index (χ1n) is 12.2. The van der Waals surface area contributed by atoms with Crippen molar-refractivity contribution in [1.29, 1.82) is 0 Å². The number of nitrogens with one attached hydrogen (secondary N) is 1. The van der Waals surface area contributed by atoms with Gasteiger partial charge in [0.1, 0.15) is 6.61 Å². The van der Waals surface area contributed by atoms with Crippen LogP contribution in [0.3, 0.4) is 0 Å². The van der Waals surface area contributed by atoms with Crippen LogP contribution in [0.5, 0.6) is 11.5 Å². The highest BCUT2D eigenvalue weighted by Gasteiger charge is 2.41. The molecule has 1 aromatic carbocycles. The number of esters is 1. The van der Waals surface area contributed by atoms with Crippen LogP contribution in [0.2, 0.25) is 0 Å². The molecule has 0 spiro atoms. The van der Waals surface area contributed by atoms with Gasteiger partial charge in [-0.15, -0.1) is 0 Å². The van der Waals surface area contributed by atoms with E-state index in [1.165, 1.54) is 11.8 Å². The Hall–Kier alpha value is -3.02. The van der Waals surface area contributed by atoms with E-state index in [-0.39, 0.29) is 31.6 Å². The standard InChI is InChI=1S/C26H33N3O7S/c1-16-23(25(31)36-11-10-32-2)24(17-7-8-20(33-3)21(12-17)34-4)29-18(15-37-26(29)28-16)13-22(30)27-14-19-6-5-9-35-19/h7-8,12,15,19,24H,5-6,9-11,13-14H2,1-4H3,(H,27,30)/t19-,24+/m1/s1. The first-order valence-corrected chi connectivity index (χ1v) is 13.1. The van der Waals surface area contributed by atoms with E-state index in [0.29, 0.717) is 34.5 Å². The third-order valence-corrected chi connectivity index (χ3v) is 7.25. The Balaban J connectivity index is 1.64. The summed E-state index contributed by atoms with van der Waals surface area (Å²) in [7, 11) is 4.68. The topological polar surface area (TPSA) is 108 Å². The number of carbonyl (C=O) groups is 2. The molecule has 1 fully saturated rings. The Morgan fingerprint density at radius 2 is 2.00 bits per heavy atom. The van der Waals surface area contributed by atoms with Crippen molar-refractivity contribution in [3.8, 4) is 11.5 Å². The van der Waals surface area contributed by atoms with Gasteiger partial charge in [0, 0.05) is 26.0 Å². The number of fused-ring (bicyclic) bond motifs is 1. The molecule has 11 heteroatoms. The molecule has 2 atom stereocenters. The molecule has 200 valence electrons. The van der Waals surface area contributed by atoms with Gasteiger partial charge in [-0.25, -0.2) is 9.79 Å². The van der Waals surface area contributed by atoms with Crippen LogP contribution in [0, 0.1) is 0 Å².